The van der Waals surface area contributed by atoms with E-state index in [1.54, 1.807) is 0 Å². The topological polar surface area (TPSA) is 88.5 Å². The van der Waals surface area contributed by atoms with Gasteiger partial charge in [0.2, 0.25) is 10.0 Å². The summed E-state index contributed by atoms with van der Waals surface area (Å²) in [6, 6.07) is 0.904. The highest BCUT2D eigenvalue weighted by Gasteiger charge is 2.26. The van der Waals surface area contributed by atoms with Crippen LogP contribution in [0.15, 0.2) is 23.4 Å². The molecule has 0 bridgehead atoms. The zero-order chi connectivity index (χ0) is 13.9. The molecule has 106 valence electrons. The third kappa shape index (κ3) is 3.69. The van der Waals surface area contributed by atoms with Gasteiger partial charge < -0.3 is 9.84 Å². The molecule has 1 aromatic rings. The highest BCUT2D eigenvalue weighted by Crippen LogP contribution is 2.19. The molecule has 1 aliphatic rings. The fraction of sp³-hybridized carbons (Fsp3) is 0.545. The first kappa shape index (κ1) is 14.3. The van der Waals surface area contributed by atoms with Crippen molar-refractivity contribution in [3.8, 4) is 0 Å². The number of hydrogen-bond acceptors (Lipinski definition) is 5. The summed E-state index contributed by atoms with van der Waals surface area (Å²) in [4.78, 5) is 3.28. The average molecular weight is 290 g/mol. The van der Waals surface area contributed by atoms with Gasteiger partial charge in [-0.3, -0.25) is 4.98 Å². The number of nitrogens with one attached hydrogen (secondary N) is 1. The lowest BCUT2D eigenvalue weighted by Gasteiger charge is -2.13. The van der Waals surface area contributed by atoms with Gasteiger partial charge in [0.1, 0.15) is 10.7 Å². The van der Waals surface area contributed by atoms with E-state index in [1.165, 1.54) is 0 Å². The summed E-state index contributed by atoms with van der Waals surface area (Å²) in [5.74, 6) is -0.708. The van der Waals surface area contributed by atoms with Crippen LogP contribution in [0.1, 0.15) is 12.8 Å². The zero-order valence-corrected chi connectivity index (χ0v) is 10.9. The molecule has 8 heteroatoms. The van der Waals surface area contributed by atoms with E-state index in [0.29, 0.717) is 12.8 Å². The minimum Gasteiger partial charge on any atom is -0.394 e. The molecule has 0 saturated carbocycles. The number of aliphatic hydroxyl groups excluding tert-OH is 1. The van der Waals surface area contributed by atoms with Gasteiger partial charge in [0.05, 0.1) is 25.0 Å². The number of sulfonamides is 1. The van der Waals surface area contributed by atoms with E-state index in [1.807, 2.05) is 0 Å². The van der Waals surface area contributed by atoms with Crippen LogP contribution >= 0.6 is 0 Å². The third-order valence-electron chi connectivity index (χ3n) is 2.89. The predicted molar refractivity (Wildman–Crippen MR) is 64.4 cm³/mol. The minimum atomic E-state index is -3.79. The van der Waals surface area contributed by atoms with Crippen molar-refractivity contribution < 1.29 is 22.7 Å². The van der Waals surface area contributed by atoms with Gasteiger partial charge in [-0.15, -0.1) is 0 Å². The Morgan fingerprint density at radius 3 is 2.79 bits per heavy atom. The van der Waals surface area contributed by atoms with Gasteiger partial charge in [-0.05, 0) is 18.9 Å². The van der Waals surface area contributed by atoms with Crippen molar-refractivity contribution in [3.63, 3.8) is 0 Å². The Morgan fingerprint density at radius 1 is 1.42 bits per heavy atom. The highest BCUT2D eigenvalue weighted by atomic mass is 32.2. The summed E-state index contributed by atoms with van der Waals surface area (Å²) in [5.41, 5.74) is 0. The number of hydrogen-bond donors (Lipinski definition) is 2. The van der Waals surface area contributed by atoms with E-state index < -0.39 is 15.8 Å². The number of aromatic nitrogens is 1. The van der Waals surface area contributed by atoms with Crippen molar-refractivity contribution >= 4 is 10.0 Å². The van der Waals surface area contributed by atoms with Gasteiger partial charge in [0.25, 0.3) is 0 Å². The van der Waals surface area contributed by atoms with Crippen LogP contribution in [0.25, 0.3) is 0 Å². The second-order valence-electron chi connectivity index (χ2n) is 4.33. The maximum absolute atomic E-state index is 12.9. The summed E-state index contributed by atoms with van der Waals surface area (Å²) >= 11 is 0. The monoisotopic (exact) mass is 290 g/mol. The molecular formula is C11H15FN2O4S. The van der Waals surface area contributed by atoms with Crippen LogP contribution < -0.4 is 4.72 Å². The molecule has 1 saturated heterocycles. The van der Waals surface area contributed by atoms with Crippen LogP contribution in [0.5, 0.6) is 0 Å². The fourth-order valence-electron chi connectivity index (χ4n) is 1.89. The molecule has 0 aliphatic carbocycles. The lowest BCUT2D eigenvalue weighted by atomic mass is 10.2. The molecule has 2 atom stereocenters. The summed E-state index contributed by atoms with van der Waals surface area (Å²) < 4.78 is 44.4. The first-order chi connectivity index (χ1) is 9.01. The van der Waals surface area contributed by atoms with Crippen molar-refractivity contribution in [2.45, 2.75) is 29.9 Å². The molecule has 2 N–H and O–H groups in total. The molecule has 0 amide bonds. The van der Waals surface area contributed by atoms with Gasteiger partial charge in [0, 0.05) is 12.7 Å². The van der Waals surface area contributed by atoms with E-state index in [-0.39, 0.29) is 30.3 Å². The fourth-order valence-corrected chi connectivity index (χ4v) is 2.93. The highest BCUT2D eigenvalue weighted by molar-refractivity contribution is 7.89. The van der Waals surface area contributed by atoms with Crippen molar-refractivity contribution in [3.05, 3.63) is 24.3 Å². The smallest absolute Gasteiger partial charge is 0.242 e. The number of nitrogens with zero attached hydrogens (tertiary/aromatic N) is 1. The number of aliphatic hydroxyl groups is 1. The zero-order valence-electron chi connectivity index (χ0n) is 10.1. The molecule has 0 radical (unpaired) electrons. The molecule has 6 nitrogen and oxygen atoms in total. The number of halogens is 1. The van der Waals surface area contributed by atoms with Crippen LogP contribution in [-0.2, 0) is 14.8 Å². The van der Waals surface area contributed by atoms with Crippen molar-refractivity contribution in [2.24, 2.45) is 0 Å². The lowest BCUT2D eigenvalue weighted by molar-refractivity contribution is 0.0144. The maximum Gasteiger partial charge on any atom is 0.242 e. The van der Waals surface area contributed by atoms with Crippen LogP contribution in [0.3, 0.4) is 0 Å². The Hall–Kier alpha value is -1.09. The van der Waals surface area contributed by atoms with Gasteiger partial charge in [0.15, 0.2) is 0 Å². The van der Waals surface area contributed by atoms with Crippen LogP contribution in [0, 0.1) is 5.82 Å². The molecule has 2 rings (SSSR count). The maximum atomic E-state index is 12.9. The van der Waals surface area contributed by atoms with Crippen LogP contribution in [0.2, 0.25) is 0 Å². The van der Waals surface area contributed by atoms with Gasteiger partial charge >= 0.3 is 0 Å². The molecule has 1 aliphatic heterocycles. The van der Waals surface area contributed by atoms with E-state index in [0.717, 1.165) is 18.5 Å². The summed E-state index contributed by atoms with van der Waals surface area (Å²) in [6.45, 7) is 0.0203. The Labute approximate surface area is 110 Å². The Kier molecular flexibility index (Phi) is 4.46. The summed E-state index contributed by atoms with van der Waals surface area (Å²) in [6.07, 6.45) is 2.89. The summed E-state index contributed by atoms with van der Waals surface area (Å²) in [5, 5.41) is 8.91. The molecule has 0 unspecified atom stereocenters. The predicted octanol–water partition coefficient (Wildman–Crippen LogP) is 0.0389. The first-order valence-corrected chi connectivity index (χ1v) is 7.36. The Bertz CT molecular complexity index is 537. The van der Waals surface area contributed by atoms with Crippen molar-refractivity contribution in [1.29, 1.82) is 0 Å². The van der Waals surface area contributed by atoms with E-state index >= 15 is 0 Å². The molecule has 1 aromatic heterocycles. The van der Waals surface area contributed by atoms with E-state index in [2.05, 4.69) is 9.71 Å². The quantitative estimate of drug-likeness (QED) is 0.799. The largest absolute Gasteiger partial charge is 0.394 e. The SMILES string of the molecule is O=S(=O)(NC[C@H]1CC[C@@H](CO)O1)c1cncc(F)c1. The molecule has 1 fully saturated rings. The Balaban J connectivity index is 1.95. The molecular weight excluding hydrogens is 275 g/mol. The van der Waals surface area contributed by atoms with Gasteiger partial charge in [-0.25, -0.2) is 17.5 Å². The third-order valence-corrected chi connectivity index (χ3v) is 4.28. The van der Waals surface area contributed by atoms with Gasteiger partial charge in [-0.2, -0.15) is 0 Å². The summed E-state index contributed by atoms with van der Waals surface area (Å²) in [7, 11) is -3.79. The lowest BCUT2D eigenvalue weighted by Crippen LogP contribution is -2.32. The molecule has 2 heterocycles. The van der Waals surface area contributed by atoms with Crippen molar-refractivity contribution in [2.75, 3.05) is 13.2 Å². The number of pyridine rings is 1. The van der Waals surface area contributed by atoms with E-state index in [4.69, 9.17) is 9.84 Å². The standard InChI is InChI=1S/C11H15FN2O4S/c12-8-3-11(6-13-4-8)19(16,17)14-5-9-1-2-10(7-15)18-9/h3-4,6,9-10,14-15H,1-2,5,7H2/t9-,10+/m1/s1. The molecule has 19 heavy (non-hydrogen) atoms. The minimum absolute atomic E-state index is 0.0724. The second kappa shape index (κ2) is 5.91. The van der Waals surface area contributed by atoms with Crippen LogP contribution in [-0.4, -0.2) is 43.9 Å². The number of rotatable bonds is 5. The average Bonchev–Trinajstić information content (AvgIpc) is 2.84. The van der Waals surface area contributed by atoms with Gasteiger partial charge in [-0.1, -0.05) is 0 Å². The van der Waals surface area contributed by atoms with Crippen LogP contribution in [0.4, 0.5) is 4.39 Å². The Morgan fingerprint density at radius 2 is 2.16 bits per heavy atom. The van der Waals surface area contributed by atoms with E-state index in [9.17, 15) is 12.8 Å². The molecule has 0 spiro atoms. The first-order valence-electron chi connectivity index (χ1n) is 5.88. The van der Waals surface area contributed by atoms with Crippen molar-refractivity contribution in [1.82, 2.24) is 9.71 Å². The molecule has 0 aromatic carbocycles. The number of ether oxygens (including phenoxy) is 1. The second-order valence-corrected chi connectivity index (χ2v) is 6.10. The normalized spacial score (nSPS) is 23.7.